The van der Waals surface area contributed by atoms with E-state index in [-0.39, 0.29) is 6.04 Å². The minimum absolute atomic E-state index is 0.0856. The van der Waals surface area contributed by atoms with Crippen LogP contribution in [0.15, 0.2) is 18.3 Å². The molecule has 1 aliphatic carbocycles. The van der Waals surface area contributed by atoms with Gasteiger partial charge >= 0.3 is 0 Å². The van der Waals surface area contributed by atoms with Crippen molar-refractivity contribution in [1.29, 1.82) is 0 Å². The first-order chi connectivity index (χ1) is 5.92. The highest BCUT2D eigenvalue weighted by Crippen LogP contribution is 2.27. The van der Waals surface area contributed by atoms with Crippen molar-refractivity contribution in [3.63, 3.8) is 0 Å². The summed E-state index contributed by atoms with van der Waals surface area (Å²) in [6, 6.07) is 4.02. The lowest BCUT2D eigenvalue weighted by atomic mass is 9.92. The van der Waals surface area contributed by atoms with E-state index in [2.05, 4.69) is 10.5 Å². The van der Waals surface area contributed by atoms with E-state index in [0.29, 0.717) is 0 Å². The largest absolute Gasteiger partial charge is 0.316 e. The summed E-state index contributed by atoms with van der Waals surface area (Å²) >= 11 is 0. The standard InChI is InChI=1S/C9H12N2O/c12-11-9-5-1-4-8-7(9)3-2-6-10-8/h2-3,6,9,11-12H,1,4-5H2. The Labute approximate surface area is 71.4 Å². The fraction of sp³-hybridized carbons (Fsp3) is 0.444. The molecule has 1 aromatic rings. The lowest BCUT2D eigenvalue weighted by molar-refractivity contribution is 0.117. The van der Waals surface area contributed by atoms with Gasteiger partial charge in [0, 0.05) is 11.9 Å². The van der Waals surface area contributed by atoms with Crippen LogP contribution in [0.25, 0.3) is 0 Å². The maximum Gasteiger partial charge on any atom is 0.0587 e. The van der Waals surface area contributed by atoms with Gasteiger partial charge in [-0.15, -0.1) is 0 Å². The molecule has 0 saturated carbocycles. The Morgan fingerprint density at radius 3 is 3.33 bits per heavy atom. The number of hydrogen-bond donors (Lipinski definition) is 2. The molecule has 0 saturated heterocycles. The molecule has 0 bridgehead atoms. The monoisotopic (exact) mass is 164 g/mol. The molecule has 1 heterocycles. The van der Waals surface area contributed by atoms with Crippen molar-refractivity contribution in [2.75, 3.05) is 0 Å². The Kier molecular flexibility index (Phi) is 2.06. The van der Waals surface area contributed by atoms with Gasteiger partial charge in [-0.3, -0.25) is 4.98 Å². The van der Waals surface area contributed by atoms with E-state index in [1.54, 1.807) is 6.20 Å². The molecule has 0 aliphatic heterocycles. The zero-order chi connectivity index (χ0) is 8.39. The first-order valence-electron chi connectivity index (χ1n) is 4.25. The normalized spacial score (nSPS) is 21.9. The zero-order valence-electron chi connectivity index (χ0n) is 6.83. The van der Waals surface area contributed by atoms with Crippen molar-refractivity contribution in [2.24, 2.45) is 0 Å². The minimum Gasteiger partial charge on any atom is -0.316 e. The third-order valence-corrected chi connectivity index (χ3v) is 2.36. The molecule has 3 heteroatoms. The highest BCUT2D eigenvalue weighted by molar-refractivity contribution is 5.25. The van der Waals surface area contributed by atoms with Gasteiger partial charge in [0.25, 0.3) is 0 Å². The zero-order valence-corrected chi connectivity index (χ0v) is 6.83. The summed E-state index contributed by atoms with van der Waals surface area (Å²) in [5.41, 5.74) is 4.59. The van der Waals surface area contributed by atoms with Gasteiger partial charge < -0.3 is 5.21 Å². The Bertz CT molecular complexity index is 275. The molecule has 12 heavy (non-hydrogen) atoms. The molecule has 64 valence electrons. The highest BCUT2D eigenvalue weighted by atomic mass is 16.5. The maximum absolute atomic E-state index is 8.86. The molecule has 1 aliphatic rings. The second-order valence-corrected chi connectivity index (χ2v) is 3.11. The predicted octanol–water partition coefficient (Wildman–Crippen LogP) is 1.44. The molecule has 0 radical (unpaired) electrons. The molecule has 0 amide bonds. The molecular weight excluding hydrogens is 152 g/mol. The van der Waals surface area contributed by atoms with E-state index in [9.17, 15) is 0 Å². The summed E-state index contributed by atoms with van der Waals surface area (Å²) in [4.78, 5) is 4.27. The summed E-state index contributed by atoms with van der Waals surface area (Å²) in [6.07, 6.45) is 4.93. The molecule has 0 fully saturated rings. The number of aromatic nitrogens is 1. The summed E-state index contributed by atoms with van der Waals surface area (Å²) < 4.78 is 0. The van der Waals surface area contributed by atoms with Gasteiger partial charge in [0.1, 0.15) is 0 Å². The number of nitrogens with one attached hydrogen (secondary N) is 1. The number of aryl methyl sites for hydroxylation is 1. The quantitative estimate of drug-likeness (QED) is 0.617. The van der Waals surface area contributed by atoms with Crippen molar-refractivity contribution in [3.05, 3.63) is 29.6 Å². The van der Waals surface area contributed by atoms with E-state index in [4.69, 9.17) is 5.21 Å². The molecule has 1 unspecified atom stereocenters. The van der Waals surface area contributed by atoms with Crippen LogP contribution in [0.1, 0.15) is 30.1 Å². The molecule has 2 N–H and O–H groups in total. The summed E-state index contributed by atoms with van der Waals surface area (Å²) in [5.74, 6) is 0. The third-order valence-electron chi connectivity index (χ3n) is 2.36. The van der Waals surface area contributed by atoms with Crippen molar-refractivity contribution >= 4 is 0 Å². The lowest BCUT2D eigenvalue weighted by Crippen LogP contribution is -2.22. The SMILES string of the molecule is ONC1CCCc2ncccc21. The number of hydroxylamine groups is 1. The van der Waals surface area contributed by atoms with Gasteiger partial charge in [0.15, 0.2) is 0 Å². The van der Waals surface area contributed by atoms with E-state index in [0.717, 1.165) is 30.5 Å². The molecular formula is C9H12N2O. The van der Waals surface area contributed by atoms with E-state index < -0.39 is 0 Å². The van der Waals surface area contributed by atoms with Crippen LogP contribution >= 0.6 is 0 Å². The van der Waals surface area contributed by atoms with Crippen molar-refractivity contribution < 1.29 is 5.21 Å². The van der Waals surface area contributed by atoms with Gasteiger partial charge in [-0.2, -0.15) is 5.48 Å². The molecule has 0 aromatic carbocycles. The molecule has 0 spiro atoms. The van der Waals surface area contributed by atoms with Gasteiger partial charge in [-0.25, -0.2) is 0 Å². The highest BCUT2D eigenvalue weighted by Gasteiger charge is 2.19. The first-order valence-corrected chi connectivity index (χ1v) is 4.25. The van der Waals surface area contributed by atoms with Crippen molar-refractivity contribution in [1.82, 2.24) is 10.5 Å². The van der Waals surface area contributed by atoms with Crippen LogP contribution in [0.2, 0.25) is 0 Å². The lowest BCUT2D eigenvalue weighted by Gasteiger charge is -2.22. The molecule has 1 aromatic heterocycles. The summed E-state index contributed by atoms with van der Waals surface area (Å²) in [7, 11) is 0. The topological polar surface area (TPSA) is 45.1 Å². The van der Waals surface area contributed by atoms with E-state index in [1.165, 1.54) is 0 Å². The number of nitrogens with zero attached hydrogens (tertiary/aromatic N) is 1. The average molecular weight is 164 g/mol. The first kappa shape index (κ1) is 7.71. The van der Waals surface area contributed by atoms with Crippen LogP contribution < -0.4 is 5.48 Å². The van der Waals surface area contributed by atoms with Crippen molar-refractivity contribution in [3.8, 4) is 0 Å². The Balaban J connectivity index is 2.37. The summed E-state index contributed by atoms with van der Waals surface area (Å²) in [5, 5.41) is 8.86. The molecule has 3 nitrogen and oxygen atoms in total. The van der Waals surface area contributed by atoms with Crippen LogP contribution in [0.5, 0.6) is 0 Å². The summed E-state index contributed by atoms with van der Waals surface area (Å²) in [6.45, 7) is 0. The Morgan fingerprint density at radius 1 is 1.58 bits per heavy atom. The van der Waals surface area contributed by atoms with Crippen LogP contribution in [0, 0.1) is 0 Å². The van der Waals surface area contributed by atoms with Crippen LogP contribution in [0.4, 0.5) is 0 Å². The minimum atomic E-state index is 0.0856. The Morgan fingerprint density at radius 2 is 2.50 bits per heavy atom. The fourth-order valence-electron chi connectivity index (χ4n) is 1.74. The average Bonchev–Trinajstić information content (AvgIpc) is 2.17. The predicted molar refractivity (Wildman–Crippen MR) is 44.8 cm³/mol. The number of rotatable bonds is 1. The van der Waals surface area contributed by atoms with Crippen LogP contribution in [0.3, 0.4) is 0 Å². The van der Waals surface area contributed by atoms with Crippen LogP contribution in [-0.2, 0) is 6.42 Å². The maximum atomic E-state index is 8.86. The van der Waals surface area contributed by atoms with E-state index >= 15 is 0 Å². The number of fused-ring (bicyclic) bond motifs is 1. The van der Waals surface area contributed by atoms with Gasteiger partial charge in [-0.1, -0.05) is 6.07 Å². The number of pyridine rings is 1. The fourth-order valence-corrected chi connectivity index (χ4v) is 1.74. The van der Waals surface area contributed by atoms with Crippen LogP contribution in [-0.4, -0.2) is 10.2 Å². The second-order valence-electron chi connectivity index (χ2n) is 3.11. The third kappa shape index (κ3) is 1.21. The van der Waals surface area contributed by atoms with Gasteiger partial charge in [0.05, 0.1) is 6.04 Å². The second kappa shape index (κ2) is 3.21. The van der Waals surface area contributed by atoms with E-state index in [1.807, 2.05) is 12.1 Å². The number of hydrogen-bond acceptors (Lipinski definition) is 3. The molecule has 1 atom stereocenters. The van der Waals surface area contributed by atoms with Crippen molar-refractivity contribution in [2.45, 2.75) is 25.3 Å². The Hall–Kier alpha value is -0.930. The van der Waals surface area contributed by atoms with Gasteiger partial charge in [0.2, 0.25) is 0 Å². The van der Waals surface area contributed by atoms with Gasteiger partial charge in [-0.05, 0) is 30.9 Å². The molecule has 2 rings (SSSR count). The smallest absolute Gasteiger partial charge is 0.0587 e.